The first kappa shape index (κ1) is 20.4. The van der Waals surface area contributed by atoms with Crippen LogP contribution in [0.25, 0.3) is 5.69 Å². The molecule has 0 radical (unpaired) electrons. The van der Waals surface area contributed by atoms with Crippen LogP contribution >= 0.6 is 0 Å². The zero-order valence-electron chi connectivity index (χ0n) is 18.6. The van der Waals surface area contributed by atoms with Crippen molar-refractivity contribution in [2.75, 3.05) is 32.2 Å². The standard InChI is InChI=1S/C26H29N5O/c1-19-15-30(18-28-19)25-9-8-23(13-26(25)32-2)29-31-16-21(12-20-6-4-3-5-7-20)24-10-11-27-14-22(24)17-31/h3-9,13,15-16,18,27,29H,10-12,14,17H2,1-2H3. The molecule has 0 saturated carbocycles. The molecule has 2 N–H and O–H groups in total. The maximum absolute atomic E-state index is 5.68. The molecule has 0 spiro atoms. The maximum Gasteiger partial charge on any atom is 0.145 e. The number of hydrazine groups is 1. The quantitative estimate of drug-likeness (QED) is 0.616. The Bertz CT molecular complexity index is 1160. The predicted molar refractivity (Wildman–Crippen MR) is 128 cm³/mol. The minimum atomic E-state index is 0.803. The van der Waals surface area contributed by atoms with Crippen LogP contribution in [-0.4, -0.2) is 41.3 Å². The normalized spacial score (nSPS) is 15.9. The number of nitrogens with zero attached hydrogens (tertiary/aromatic N) is 3. The Morgan fingerprint density at radius 2 is 2.03 bits per heavy atom. The summed E-state index contributed by atoms with van der Waals surface area (Å²) in [5, 5.41) is 5.72. The molecule has 164 valence electrons. The number of methoxy groups -OCH3 is 1. The third kappa shape index (κ3) is 4.27. The molecule has 0 bridgehead atoms. The highest BCUT2D eigenvalue weighted by molar-refractivity contribution is 5.58. The minimum Gasteiger partial charge on any atom is -0.494 e. The fourth-order valence-corrected chi connectivity index (χ4v) is 4.51. The number of aromatic nitrogens is 2. The summed E-state index contributed by atoms with van der Waals surface area (Å²) >= 11 is 0. The van der Waals surface area contributed by atoms with E-state index < -0.39 is 0 Å². The fourth-order valence-electron chi connectivity index (χ4n) is 4.51. The van der Waals surface area contributed by atoms with Crippen molar-refractivity contribution < 1.29 is 4.74 Å². The van der Waals surface area contributed by atoms with Crippen molar-refractivity contribution in [2.45, 2.75) is 19.8 Å². The molecule has 3 aromatic rings. The van der Waals surface area contributed by atoms with Crippen LogP contribution < -0.4 is 15.5 Å². The Balaban J connectivity index is 1.40. The number of hydrogen-bond donors (Lipinski definition) is 2. The van der Waals surface area contributed by atoms with Crippen LogP contribution in [0.3, 0.4) is 0 Å². The first-order valence-electron chi connectivity index (χ1n) is 11.1. The van der Waals surface area contributed by atoms with Gasteiger partial charge in [-0.2, -0.15) is 0 Å². The summed E-state index contributed by atoms with van der Waals surface area (Å²) in [5.41, 5.74) is 12.2. The molecule has 0 saturated heterocycles. The Morgan fingerprint density at radius 1 is 1.16 bits per heavy atom. The van der Waals surface area contributed by atoms with Crippen LogP contribution in [-0.2, 0) is 6.42 Å². The predicted octanol–water partition coefficient (Wildman–Crippen LogP) is 4.25. The van der Waals surface area contributed by atoms with Crippen molar-refractivity contribution in [1.29, 1.82) is 0 Å². The lowest BCUT2D eigenvalue weighted by Crippen LogP contribution is -2.37. The number of anilines is 1. The van der Waals surface area contributed by atoms with E-state index in [4.69, 9.17) is 4.74 Å². The Morgan fingerprint density at radius 3 is 2.81 bits per heavy atom. The molecule has 2 aromatic carbocycles. The average molecular weight is 428 g/mol. The van der Waals surface area contributed by atoms with Crippen molar-refractivity contribution in [3.8, 4) is 11.4 Å². The van der Waals surface area contributed by atoms with E-state index >= 15 is 0 Å². The van der Waals surface area contributed by atoms with E-state index in [-0.39, 0.29) is 0 Å². The second-order valence-electron chi connectivity index (χ2n) is 8.37. The monoisotopic (exact) mass is 427 g/mol. The molecule has 6 heteroatoms. The number of allylic oxidation sites excluding steroid dienone is 1. The molecule has 0 unspecified atom stereocenters. The van der Waals surface area contributed by atoms with Gasteiger partial charge in [0.1, 0.15) is 5.75 Å². The van der Waals surface area contributed by atoms with Gasteiger partial charge in [0, 0.05) is 25.0 Å². The van der Waals surface area contributed by atoms with Crippen molar-refractivity contribution in [2.24, 2.45) is 0 Å². The third-order valence-corrected chi connectivity index (χ3v) is 6.06. The number of ether oxygens (including phenoxy) is 1. The molecular formula is C26H29N5O. The Labute approximate surface area is 189 Å². The summed E-state index contributed by atoms with van der Waals surface area (Å²) < 4.78 is 7.67. The number of hydrogen-bond acceptors (Lipinski definition) is 5. The van der Waals surface area contributed by atoms with E-state index in [2.05, 4.69) is 69.4 Å². The zero-order valence-corrected chi connectivity index (χ0v) is 18.6. The van der Waals surface area contributed by atoms with Gasteiger partial charge in [-0.15, -0.1) is 0 Å². The van der Waals surface area contributed by atoms with Crippen molar-refractivity contribution >= 4 is 5.69 Å². The summed E-state index contributed by atoms with van der Waals surface area (Å²) in [6.07, 6.45) is 8.12. The van der Waals surface area contributed by atoms with Gasteiger partial charge in [-0.25, -0.2) is 4.98 Å². The summed E-state index contributed by atoms with van der Waals surface area (Å²) in [5.74, 6) is 0.803. The highest BCUT2D eigenvalue weighted by Gasteiger charge is 2.23. The van der Waals surface area contributed by atoms with Gasteiger partial charge in [0.2, 0.25) is 0 Å². The van der Waals surface area contributed by atoms with Gasteiger partial charge in [-0.3, -0.25) is 10.4 Å². The van der Waals surface area contributed by atoms with Gasteiger partial charge in [-0.05, 0) is 60.7 Å². The van der Waals surface area contributed by atoms with Gasteiger partial charge in [-0.1, -0.05) is 30.3 Å². The largest absolute Gasteiger partial charge is 0.494 e. The molecule has 0 aliphatic carbocycles. The van der Waals surface area contributed by atoms with Gasteiger partial charge in [0.15, 0.2) is 0 Å². The topological polar surface area (TPSA) is 54.4 Å². The van der Waals surface area contributed by atoms with E-state index in [0.29, 0.717) is 0 Å². The van der Waals surface area contributed by atoms with Crippen molar-refractivity contribution in [3.63, 3.8) is 0 Å². The second-order valence-corrected chi connectivity index (χ2v) is 8.37. The average Bonchev–Trinajstić information content (AvgIpc) is 3.25. The molecule has 2 aliphatic rings. The van der Waals surface area contributed by atoms with Gasteiger partial charge < -0.3 is 14.6 Å². The van der Waals surface area contributed by atoms with E-state index in [9.17, 15) is 0 Å². The molecule has 3 heterocycles. The molecular weight excluding hydrogens is 398 g/mol. The molecule has 0 fully saturated rings. The lowest BCUT2D eigenvalue weighted by atomic mass is 9.88. The van der Waals surface area contributed by atoms with Crippen LogP contribution in [0, 0.1) is 6.92 Å². The van der Waals surface area contributed by atoms with Crippen molar-refractivity contribution in [1.82, 2.24) is 19.9 Å². The summed E-state index contributed by atoms with van der Waals surface area (Å²) in [6.45, 7) is 4.84. The van der Waals surface area contributed by atoms with Crippen LogP contribution in [0.1, 0.15) is 17.7 Å². The summed E-state index contributed by atoms with van der Waals surface area (Å²) in [4.78, 5) is 4.33. The van der Waals surface area contributed by atoms with Crippen LogP contribution in [0.15, 0.2) is 84.0 Å². The van der Waals surface area contributed by atoms with Crippen LogP contribution in [0.4, 0.5) is 5.69 Å². The molecule has 2 aliphatic heterocycles. The summed E-state index contributed by atoms with van der Waals surface area (Å²) in [6, 6.07) is 16.9. The smallest absolute Gasteiger partial charge is 0.145 e. The molecule has 0 atom stereocenters. The molecule has 6 nitrogen and oxygen atoms in total. The third-order valence-electron chi connectivity index (χ3n) is 6.06. The Kier molecular flexibility index (Phi) is 5.69. The highest BCUT2D eigenvalue weighted by atomic mass is 16.5. The first-order valence-corrected chi connectivity index (χ1v) is 11.1. The van der Waals surface area contributed by atoms with E-state index in [1.54, 1.807) is 7.11 Å². The van der Waals surface area contributed by atoms with E-state index in [1.165, 1.54) is 22.3 Å². The lowest BCUT2D eigenvalue weighted by Gasteiger charge is -2.34. The molecule has 1 aromatic heterocycles. The van der Waals surface area contributed by atoms with Gasteiger partial charge >= 0.3 is 0 Å². The van der Waals surface area contributed by atoms with Gasteiger partial charge in [0.05, 0.1) is 37.1 Å². The highest BCUT2D eigenvalue weighted by Crippen LogP contribution is 2.31. The Hall–Kier alpha value is -3.51. The number of imidazole rings is 1. The number of benzene rings is 2. The minimum absolute atomic E-state index is 0.803. The first-order chi connectivity index (χ1) is 15.7. The number of rotatable bonds is 6. The van der Waals surface area contributed by atoms with Gasteiger partial charge in [0.25, 0.3) is 0 Å². The second kappa shape index (κ2) is 8.93. The van der Waals surface area contributed by atoms with E-state index in [1.807, 2.05) is 30.1 Å². The van der Waals surface area contributed by atoms with Crippen LogP contribution in [0.2, 0.25) is 0 Å². The van der Waals surface area contributed by atoms with Crippen LogP contribution in [0.5, 0.6) is 5.75 Å². The number of aryl methyl sites for hydroxylation is 1. The number of nitrogens with one attached hydrogen (secondary N) is 2. The molecule has 0 amide bonds. The van der Waals surface area contributed by atoms with Crippen molar-refractivity contribution in [3.05, 3.63) is 95.2 Å². The fraction of sp³-hybridized carbons (Fsp3) is 0.269. The summed E-state index contributed by atoms with van der Waals surface area (Å²) in [7, 11) is 1.70. The lowest BCUT2D eigenvalue weighted by molar-refractivity contribution is 0.412. The molecule has 32 heavy (non-hydrogen) atoms. The zero-order chi connectivity index (χ0) is 21.9. The molecule has 5 rings (SSSR count). The maximum atomic E-state index is 5.68. The SMILES string of the molecule is COc1cc(NN2C=C(Cc3ccccc3)C3=C(CNCC3)C2)ccc1-n1cnc(C)c1. The van der Waals surface area contributed by atoms with E-state index in [0.717, 1.165) is 55.3 Å².